The van der Waals surface area contributed by atoms with Crippen LogP contribution in [0.1, 0.15) is 12.0 Å². The highest BCUT2D eigenvalue weighted by molar-refractivity contribution is 7.89. The summed E-state index contributed by atoms with van der Waals surface area (Å²) in [5.74, 6) is -0.256. The van der Waals surface area contributed by atoms with Crippen molar-refractivity contribution in [2.24, 2.45) is 0 Å². The zero-order chi connectivity index (χ0) is 21.7. The predicted molar refractivity (Wildman–Crippen MR) is 112 cm³/mol. The van der Waals surface area contributed by atoms with Gasteiger partial charge in [-0.3, -0.25) is 14.7 Å². The molecular weight excluding hydrogens is 408 g/mol. The van der Waals surface area contributed by atoms with Gasteiger partial charge in [-0.15, -0.1) is 0 Å². The maximum Gasteiger partial charge on any atom is 0.243 e. The number of pyridine rings is 1. The number of carbonyl (C=O) groups is 1. The molecule has 1 fully saturated rings. The van der Waals surface area contributed by atoms with E-state index < -0.39 is 10.0 Å². The van der Waals surface area contributed by atoms with E-state index in [0.29, 0.717) is 18.4 Å². The first-order valence-electron chi connectivity index (χ1n) is 9.93. The molecule has 0 unspecified atom stereocenters. The number of sulfonamides is 1. The molecule has 30 heavy (non-hydrogen) atoms. The molecule has 3 N–H and O–H groups in total. The van der Waals surface area contributed by atoms with Crippen LogP contribution in [0.4, 0.5) is 0 Å². The third-order valence-corrected chi connectivity index (χ3v) is 7.18. The zero-order valence-electron chi connectivity index (χ0n) is 17.0. The van der Waals surface area contributed by atoms with E-state index >= 15 is 0 Å². The molecule has 0 spiro atoms. The number of aryl methyl sites for hydroxylation is 1. The van der Waals surface area contributed by atoms with Crippen molar-refractivity contribution in [2.75, 3.05) is 45.9 Å². The van der Waals surface area contributed by atoms with Crippen LogP contribution < -0.4 is 5.32 Å². The minimum Gasteiger partial charge on any atom is -0.395 e. The lowest BCUT2D eigenvalue weighted by Crippen LogP contribution is -2.45. The van der Waals surface area contributed by atoms with Gasteiger partial charge in [-0.05, 0) is 25.0 Å². The van der Waals surface area contributed by atoms with Crippen molar-refractivity contribution >= 4 is 26.7 Å². The molecule has 1 aliphatic rings. The minimum atomic E-state index is -3.72. The molecule has 164 valence electrons. The van der Waals surface area contributed by atoms with Crippen LogP contribution in [0.3, 0.4) is 0 Å². The number of aliphatic hydroxyl groups is 2. The Balaban J connectivity index is 1.70. The van der Waals surface area contributed by atoms with Crippen molar-refractivity contribution in [3.8, 4) is 0 Å². The lowest BCUT2D eigenvalue weighted by Gasteiger charge is -2.21. The van der Waals surface area contributed by atoms with Gasteiger partial charge in [-0.2, -0.15) is 4.31 Å². The van der Waals surface area contributed by atoms with E-state index in [1.54, 1.807) is 29.4 Å². The lowest BCUT2D eigenvalue weighted by molar-refractivity contribution is -0.123. The van der Waals surface area contributed by atoms with Gasteiger partial charge in [-0.25, -0.2) is 8.42 Å². The summed E-state index contributed by atoms with van der Waals surface area (Å²) in [5.41, 5.74) is 0.795. The van der Waals surface area contributed by atoms with Gasteiger partial charge in [0.1, 0.15) is 0 Å². The first kappa shape index (κ1) is 22.6. The van der Waals surface area contributed by atoms with Crippen LogP contribution in [-0.2, 0) is 14.8 Å². The number of benzene rings is 1. The van der Waals surface area contributed by atoms with E-state index in [1.807, 2.05) is 13.0 Å². The third-order valence-electron chi connectivity index (χ3n) is 5.27. The summed E-state index contributed by atoms with van der Waals surface area (Å²) in [7, 11) is -3.72. The molecule has 1 saturated heterocycles. The molecule has 1 aliphatic heterocycles. The maximum atomic E-state index is 13.3. The second-order valence-corrected chi connectivity index (χ2v) is 9.36. The summed E-state index contributed by atoms with van der Waals surface area (Å²) in [6.45, 7) is 2.76. The number of rotatable bonds is 9. The lowest BCUT2D eigenvalue weighted by atomic mass is 10.1. The van der Waals surface area contributed by atoms with Crippen molar-refractivity contribution in [1.82, 2.24) is 19.5 Å². The van der Waals surface area contributed by atoms with Gasteiger partial charge < -0.3 is 15.5 Å². The Morgan fingerprint density at radius 3 is 2.70 bits per heavy atom. The van der Waals surface area contributed by atoms with Crippen LogP contribution in [0.15, 0.2) is 35.5 Å². The highest BCUT2D eigenvalue weighted by Gasteiger charge is 2.34. The van der Waals surface area contributed by atoms with Gasteiger partial charge in [0.2, 0.25) is 15.9 Å². The largest absolute Gasteiger partial charge is 0.395 e. The summed E-state index contributed by atoms with van der Waals surface area (Å²) < 4.78 is 28.0. The smallest absolute Gasteiger partial charge is 0.243 e. The SMILES string of the molecule is Cc1cncc2cccc(S(=O)(=O)N3CC[C@H](NC(=O)CN(CCO)CCO)C3)c12. The predicted octanol–water partition coefficient (Wildman–Crippen LogP) is -0.291. The molecule has 0 bridgehead atoms. The van der Waals surface area contributed by atoms with Crippen molar-refractivity contribution in [3.63, 3.8) is 0 Å². The molecule has 3 rings (SSSR count). The fraction of sp³-hybridized carbons (Fsp3) is 0.500. The Labute approximate surface area is 176 Å². The first-order valence-corrected chi connectivity index (χ1v) is 11.4. The molecule has 1 aromatic carbocycles. The van der Waals surface area contributed by atoms with Crippen LogP contribution in [0.25, 0.3) is 10.8 Å². The first-order chi connectivity index (χ1) is 14.4. The standard InChI is InChI=1S/C20H28N4O5S/c1-15-11-21-12-16-3-2-4-18(20(15)16)30(28,29)24-6-5-17(13-24)22-19(27)14-23(7-9-25)8-10-26/h2-4,11-12,17,25-26H,5-10,13-14H2,1H3,(H,22,27)/t17-/m0/s1. The average molecular weight is 437 g/mol. The van der Waals surface area contributed by atoms with E-state index in [9.17, 15) is 13.2 Å². The van der Waals surface area contributed by atoms with E-state index in [4.69, 9.17) is 10.2 Å². The van der Waals surface area contributed by atoms with Crippen LogP contribution in [0.5, 0.6) is 0 Å². The van der Waals surface area contributed by atoms with Crippen molar-refractivity contribution in [1.29, 1.82) is 0 Å². The third kappa shape index (κ3) is 4.96. The number of aromatic nitrogens is 1. The van der Waals surface area contributed by atoms with Gasteiger partial charge in [0.15, 0.2) is 0 Å². The number of nitrogens with zero attached hydrogens (tertiary/aromatic N) is 3. The molecule has 1 amide bonds. The average Bonchev–Trinajstić information content (AvgIpc) is 3.17. The number of aliphatic hydroxyl groups excluding tert-OH is 2. The fourth-order valence-electron chi connectivity index (χ4n) is 3.82. The van der Waals surface area contributed by atoms with Gasteiger partial charge in [0.05, 0.1) is 24.7 Å². The van der Waals surface area contributed by atoms with Gasteiger partial charge >= 0.3 is 0 Å². The Morgan fingerprint density at radius 2 is 2.00 bits per heavy atom. The molecule has 1 aromatic heterocycles. The number of hydrogen-bond donors (Lipinski definition) is 3. The van der Waals surface area contributed by atoms with Gasteiger partial charge in [-0.1, -0.05) is 12.1 Å². The molecule has 10 heteroatoms. The number of nitrogens with one attached hydrogen (secondary N) is 1. The Kier molecular flexibility index (Phi) is 7.37. The van der Waals surface area contributed by atoms with E-state index in [1.165, 1.54) is 4.31 Å². The Bertz CT molecular complexity index is 987. The van der Waals surface area contributed by atoms with Crippen LogP contribution in [0, 0.1) is 6.92 Å². The summed E-state index contributed by atoms with van der Waals surface area (Å²) in [6.07, 6.45) is 3.83. The summed E-state index contributed by atoms with van der Waals surface area (Å²) in [6, 6.07) is 4.88. The second kappa shape index (κ2) is 9.80. The Hall–Kier alpha value is -2.11. The monoisotopic (exact) mass is 436 g/mol. The van der Waals surface area contributed by atoms with Crippen molar-refractivity contribution in [3.05, 3.63) is 36.2 Å². The van der Waals surface area contributed by atoms with Gasteiger partial charge in [0, 0.05) is 55.4 Å². The number of carbonyl (C=O) groups excluding carboxylic acids is 1. The minimum absolute atomic E-state index is 0.0416. The molecule has 0 aliphatic carbocycles. The van der Waals surface area contributed by atoms with E-state index in [2.05, 4.69) is 10.3 Å². The normalized spacial score (nSPS) is 17.7. The quantitative estimate of drug-likeness (QED) is 0.494. The molecule has 0 saturated carbocycles. The van der Waals surface area contributed by atoms with Crippen LogP contribution >= 0.6 is 0 Å². The Morgan fingerprint density at radius 1 is 1.27 bits per heavy atom. The molecule has 1 atom stereocenters. The molecule has 2 aromatic rings. The number of amides is 1. The number of fused-ring (bicyclic) bond motifs is 1. The summed E-state index contributed by atoms with van der Waals surface area (Å²) >= 11 is 0. The topological polar surface area (TPSA) is 123 Å². The molecule has 9 nitrogen and oxygen atoms in total. The highest BCUT2D eigenvalue weighted by atomic mass is 32.2. The number of hydrogen-bond acceptors (Lipinski definition) is 7. The van der Waals surface area contributed by atoms with Crippen molar-refractivity contribution < 1.29 is 23.4 Å². The van der Waals surface area contributed by atoms with Crippen molar-refractivity contribution in [2.45, 2.75) is 24.3 Å². The van der Waals surface area contributed by atoms with E-state index in [0.717, 1.165) is 10.9 Å². The molecule has 2 heterocycles. The summed E-state index contributed by atoms with van der Waals surface area (Å²) in [5, 5.41) is 22.4. The van der Waals surface area contributed by atoms with Crippen LogP contribution in [-0.4, -0.2) is 90.7 Å². The maximum absolute atomic E-state index is 13.3. The van der Waals surface area contributed by atoms with Gasteiger partial charge in [0.25, 0.3) is 0 Å². The molecule has 0 radical (unpaired) electrons. The second-order valence-electron chi connectivity index (χ2n) is 7.45. The molecular formula is C20H28N4O5S. The highest BCUT2D eigenvalue weighted by Crippen LogP contribution is 2.29. The van der Waals surface area contributed by atoms with E-state index in [-0.39, 0.29) is 56.2 Å². The zero-order valence-corrected chi connectivity index (χ0v) is 17.8. The fourth-order valence-corrected chi connectivity index (χ4v) is 5.61. The summed E-state index contributed by atoms with van der Waals surface area (Å²) in [4.78, 5) is 18.3. The van der Waals surface area contributed by atoms with Crippen LogP contribution in [0.2, 0.25) is 0 Å².